The topological polar surface area (TPSA) is 43.8 Å². The Kier molecular flexibility index (Phi) is 4.11. The molecule has 19 heavy (non-hydrogen) atoms. The van der Waals surface area contributed by atoms with Gasteiger partial charge >= 0.3 is 0 Å². The molecule has 0 unspecified atom stereocenters. The molecule has 1 aromatic heterocycles. The number of hydrogen-bond acceptors (Lipinski definition) is 2. The normalized spacial score (nSPS) is 11.1. The fraction of sp³-hybridized carbons (Fsp3) is 0.400. The molecule has 4 heteroatoms. The zero-order valence-electron chi connectivity index (χ0n) is 11.9. The fourth-order valence-corrected chi connectivity index (χ4v) is 3.39. The van der Waals surface area contributed by atoms with Crippen LogP contribution in [0.3, 0.4) is 0 Å². The average molecular weight is 322 g/mol. The lowest BCUT2D eigenvalue weighted by atomic mass is 9.97. The number of halogens is 1. The van der Waals surface area contributed by atoms with E-state index in [-0.39, 0.29) is 0 Å². The van der Waals surface area contributed by atoms with Gasteiger partial charge in [0.1, 0.15) is 5.69 Å². The third-order valence-corrected chi connectivity index (χ3v) is 4.23. The van der Waals surface area contributed by atoms with Crippen molar-refractivity contribution in [2.75, 3.05) is 6.54 Å². The van der Waals surface area contributed by atoms with Crippen molar-refractivity contribution in [2.24, 2.45) is 12.8 Å². The van der Waals surface area contributed by atoms with Gasteiger partial charge in [0.25, 0.3) is 0 Å². The molecule has 2 N–H and O–H groups in total. The smallest absolute Gasteiger partial charge is 0.107 e. The molecule has 0 aliphatic rings. The lowest BCUT2D eigenvalue weighted by molar-refractivity contribution is 0.707. The molecule has 0 saturated carbocycles. The summed E-state index contributed by atoms with van der Waals surface area (Å²) in [5, 5.41) is 4.66. The first-order valence-corrected chi connectivity index (χ1v) is 7.24. The lowest BCUT2D eigenvalue weighted by Crippen LogP contribution is -2.07. The second kappa shape index (κ2) is 5.47. The van der Waals surface area contributed by atoms with Crippen molar-refractivity contribution in [3.05, 3.63) is 39.0 Å². The third kappa shape index (κ3) is 2.60. The van der Waals surface area contributed by atoms with Gasteiger partial charge in [0, 0.05) is 19.0 Å². The van der Waals surface area contributed by atoms with Crippen LogP contribution in [-0.2, 0) is 13.5 Å². The van der Waals surface area contributed by atoms with Crippen molar-refractivity contribution < 1.29 is 0 Å². The van der Waals surface area contributed by atoms with E-state index in [0.29, 0.717) is 6.54 Å². The van der Waals surface area contributed by atoms with E-state index in [1.165, 1.54) is 22.3 Å². The Labute approximate surface area is 122 Å². The van der Waals surface area contributed by atoms with Crippen LogP contribution < -0.4 is 5.73 Å². The molecule has 2 rings (SSSR count). The third-order valence-electron chi connectivity index (χ3n) is 3.40. The standard InChI is InChI=1S/C15H20BrN3/c1-9-7-10(2)13(11(3)8-9)15-14(16)12(5-6-17)19(4)18-15/h7-8H,5-6,17H2,1-4H3. The van der Waals surface area contributed by atoms with E-state index in [1.54, 1.807) is 0 Å². The highest BCUT2D eigenvalue weighted by atomic mass is 79.9. The summed E-state index contributed by atoms with van der Waals surface area (Å²) in [6, 6.07) is 4.40. The second-order valence-electron chi connectivity index (χ2n) is 5.05. The molecular formula is C15H20BrN3. The van der Waals surface area contributed by atoms with Crippen molar-refractivity contribution in [3.63, 3.8) is 0 Å². The Morgan fingerprint density at radius 2 is 1.79 bits per heavy atom. The predicted octanol–water partition coefficient (Wildman–Crippen LogP) is 3.28. The molecule has 0 amide bonds. The van der Waals surface area contributed by atoms with Gasteiger partial charge in [0.05, 0.1) is 10.2 Å². The van der Waals surface area contributed by atoms with E-state index in [4.69, 9.17) is 5.73 Å². The summed E-state index contributed by atoms with van der Waals surface area (Å²) < 4.78 is 2.99. The van der Waals surface area contributed by atoms with Crippen LogP contribution in [0.4, 0.5) is 0 Å². The van der Waals surface area contributed by atoms with E-state index < -0.39 is 0 Å². The van der Waals surface area contributed by atoms with E-state index in [1.807, 2.05) is 11.7 Å². The van der Waals surface area contributed by atoms with Gasteiger partial charge in [-0.15, -0.1) is 0 Å². The minimum absolute atomic E-state index is 0.628. The van der Waals surface area contributed by atoms with E-state index in [2.05, 4.69) is 53.9 Å². The van der Waals surface area contributed by atoms with Gasteiger partial charge in [0.2, 0.25) is 0 Å². The molecule has 0 radical (unpaired) electrons. The maximum Gasteiger partial charge on any atom is 0.107 e. The lowest BCUT2D eigenvalue weighted by Gasteiger charge is -2.09. The highest BCUT2D eigenvalue weighted by Crippen LogP contribution is 2.34. The maximum absolute atomic E-state index is 5.66. The molecule has 102 valence electrons. The van der Waals surface area contributed by atoms with E-state index in [9.17, 15) is 0 Å². The van der Waals surface area contributed by atoms with Crippen LogP contribution in [-0.4, -0.2) is 16.3 Å². The minimum atomic E-state index is 0.628. The summed E-state index contributed by atoms with van der Waals surface area (Å²) in [4.78, 5) is 0. The number of nitrogens with two attached hydrogens (primary N) is 1. The molecule has 0 aliphatic heterocycles. The first-order chi connectivity index (χ1) is 8.95. The van der Waals surface area contributed by atoms with Crippen LogP contribution in [0.25, 0.3) is 11.3 Å². The molecule has 0 aliphatic carbocycles. The number of nitrogens with zero attached hydrogens (tertiary/aromatic N) is 2. The number of aromatic nitrogens is 2. The minimum Gasteiger partial charge on any atom is -0.330 e. The predicted molar refractivity (Wildman–Crippen MR) is 83.3 cm³/mol. The second-order valence-corrected chi connectivity index (χ2v) is 5.84. The maximum atomic E-state index is 5.66. The Morgan fingerprint density at radius 3 is 2.32 bits per heavy atom. The van der Waals surface area contributed by atoms with Crippen molar-refractivity contribution in [1.82, 2.24) is 9.78 Å². The van der Waals surface area contributed by atoms with Gasteiger partial charge < -0.3 is 5.73 Å². The largest absolute Gasteiger partial charge is 0.330 e. The number of hydrogen-bond donors (Lipinski definition) is 1. The zero-order valence-corrected chi connectivity index (χ0v) is 13.5. The molecule has 1 aromatic carbocycles. The van der Waals surface area contributed by atoms with E-state index >= 15 is 0 Å². The summed E-state index contributed by atoms with van der Waals surface area (Å²) in [6.45, 7) is 7.03. The van der Waals surface area contributed by atoms with Gasteiger partial charge in [-0.1, -0.05) is 17.7 Å². The molecule has 3 nitrogen and oxygen atoms in total. The molecule has 0 fully saturated rings. The molecule has 0 bridgehead atoms. The van der Waals surface area contributed by atoms with Crippen LogP contribution in [0.15, 0.2) is 16.6 Å². The fourth-order valence-electron chi connectivity index (χ4n) is 2.65. The van der Waals surface area contributed by atoms with Crippen molar-refractivity contribution >= 4 is 15.9 Å². The molecule has 0 saturated heterocycles. The highest BCUT2D eigenvalue weighted by molar-refractivity contribution is 9.10. The first-order valence-electron chi connectivity index (χ1n) is 6.45. The number of aryl methyl sites for hydroxylation is 4. The van der Waals surface area contributed by atoms with E-state index in [0.717, 1.165) is 22.3 Å². The Balaban J connectivity index is 2.63. The van der Waals surface area contributed by atoms with Crippen LogP contribution in [0.1, 0.15) is 22.4 Å². The van der Waals surface area contributed by atoms with Crippen LogP contribution in [0.2, 0.25) is 0 Å². The summed E-state index contributed by atoms with van der Waals surface area (Å²) in [6.07, 6.45) is 0.827. The van der Waals surface area contributed by atoms with Gasteiger partial charge in [-0.3, -0.25) is 4.68 Å². The molecule has 2 aromatic rings. The average Bonchev–Trinajstić information content (AvgIpc) is 2.56. The van der Waals surface area contributed by atoms with Gasteiger partial charge in [-0.25, -0.2) is 0 Å². The molecule has 0 spiro atoms. The first kappa shape index (κ1) is 14.3. The van der Waals surface area contributed by atoms with Crippen molar-refractivity contribution in [3.8, 4) is 11.3 Å². The molecular weight excluding hydrogens is 302 g/mol. The van der Waals surface area contributed by atoms with Crippen LogP contribution in [0.5, 0.6) is 0 Å². The summed E-state index contributed by atoms with van der Waals surface area (Å²) in [5.74, 6) is 0. The van der Waals surface area contributed by atoms with Crippen LogP contribution in [0, 0.1) is 20.8 Å². The summed E-state index contributed by atoms with van der Waals surface area (Å²) in [5.41, 5.74) is 12.9. The van der Waals surface area contributed by atoms with Gasteiger partial charge in [-0.2, -0.15) is 5.10 Å². The van der Waals surface area contributed by atoms with Crippen molar-refractivity contribution in [1.29, 1.82) is 0 Å². The number of benzene rings is 1. The molecule has 0 atom stereocenters. The van der Waals surface area contributed by atoms with Gasteiger partial charge in [-0.05, 0) is 54.4 Å². The Bertz CT molecular complexity index is 591. The SMILES string of the molecule is Cc1cc(C)c(-c2nn(C)c(CCN)c2Br)c(C)c1. The van der Waals surface area contributed by atoms with Crippen molar-refractivity contribution in [2.45, 2.75) is 27.2 Å². The Morgan fingerprint density at radius 1 is 1.21 bits per heavy atom. The monoisotopic (exact) mass is 321 g/mol. The Hall–Kier alpha value is -1.13. The molecule has 1 heterocycles. The highest BCUT2D eigenvalue weighted by Gasteiger charge is 2.18. The summed E-state index contributed by atoms with van der Waals surface area (Å²) >= 11 is 3.69. The quantitative estimate of drug-likeness (QED) is 0.942. The van der Waals surface area contributed by atoms with Gasteiger partial charge in [0.15, 0.2) is 0 Å². The number of rotatable bonds is 3. The van der Waals surface area contributed by atoms with Crippen LogP contribution >= 0.6 is 15.9 Å². The zero-order chi connectivity index (χ0) is 14.2. The summed E-state index contributed by atoms with van der Waals surface area (Å²) in [7, 11) is 1.97.